The van der Waals surface area contributed by atoms with Gasteiger partial charge in [-0.25, -0.2) is 0 Å². The van der Waals surface area contributed by atoms with Crippen molar-refractivity contribution in [2.24, 2.45) is 5.73 Å². The third kappa shape index (κ3) is 4.12. The van der Waals surface area contributed by atoms with Crippen LogP contribution in [0, 0.1) is 0 Å². The van der Waals surface area contributed by atoms with E-state index in [1.807, 2.05) is 6.07 Å². The van der Waals surface area contributed by atoms with E-state index in [9.17, 15) is 13.2 Å². The fraction of sp³-hybridized carbons (Fsp3) is 0.200. The molecule has 0 aliphatic rings. The Balaban J connectivity index is 2.16. The molecular formula is C15H13ClF3NO. The summed E-state index contributed by atoms with van der Waals surface area (Å²) in [5.74, 6) is 0.338. The lowest BCUT2D eigenvalue weighted by Crippen LogP contribution is -2.09. The molecule has 0 unspecified atom stereocenters. The maximum Gasteiger partial charge on any atom is 0.416 e. The second kappa shape index (κ2) is 6.37. The van der Waals surface area contributed by atoms with Crippen LogP contribution in [0.15, 0.2) is 42.5 Å². The first-order chi connectivity index (χ1) is 9.90. The lowest BCUT2D eigenvalue weighted by molar-refractivity contribution is -0.137. The highest BCUT2D eigenvalue weighted by Gasteiger charge is 2.31. The molecule has 21 heavy (non-hydrogen) atoms. The van der Waals surface area contributed by atoms with Crippen molar-refractivity contribution in [3.05, 3.63) is 64.2 Å². The van der Waals surface area contributed by atoms with E-state index in [1.165, 1.54) is 6.07 Å². The van der Waals surface area contributed by atoms with Crippen molar-refractivity contribution in [2.75, 3.05) is 0 Å². The number of rotatable bonds is 4. The Kier molecular flexibility index (Phi) is 4.75. The normalized spacial score (nSPS) is 11.5. The van der Waals surface area contributed by atoms with Crippen molar-refractivity contribution in [1.29, 1.82) is 0 Å². The molecule has 2 aromatic rings. The number of ether oxygens (including phenoxy) is 1. The van der Waals surface area contributed by atoms with E-state index >= 15 is 0 Å². The lowest BCUT2D eigenvalue weighted by atomic mass is 10.1. The molecule has 0 heterocycles. The van der Waals surface area contributed by atoms with Gasteiger partial charge in [-0.2, -0.15) is 13.2 Å². The topological polar surface area (TPSA) is 35.2 Å². The lowest BCUT2D eigenvalue weighted by Gasteiger charge is -2.13. The summed E-state index contributed by atoms with van der Waals surface area (Å²) in [7, 11) is 0. The smallest absolute Gasteiger partial charge is 0.416 e. The van der Waals surface area contributed by atoms with Crippen molar-refractivity contribution in [3.63, 3.8) is 0 Å². The minimum atomic E-state index is -4.39. The van der Waals surface area contributed by atoms with Crippen LogP contribution in [0.5, 0.6) is 5.75 Å². The number of hydrogen-bond donors (Lipinski definition) is 1. The van der Waals surface area contributed by atoms with Crippen LogP contribution in [0.3, 0.4) is 0 Å². The molecule has 6 heteroatoms. The molecule has 0 fully saturated rings. The van der Waals surface area contributed by atoms with Crippen LogP contribution in [0.25, 0.3) is 0 Å². The molecule has 0 aliphatic heterocycles. The first-order valence-electron chi connectivity index (χ1n) is 6.17. The van der Waals surface area contributed by atoms with Crippen LogP contribution in [0.2, 0.25) is 5.02 Å². The van der Waals surface area contributed by atoms with Gasteiger partial charge in [0.05, 0.1) is 5.56 Å². The van der Waals surface area contributed by atoms with Gasteiger partial charge < -0.3 is 10.5 Å². The minimum Gasteiger partial charge on any atom is -0.489 e. The first-order valence-corrected chi connectivity index (χ1v) is 6.55. The average molecular weight is 316 g/mol. The van der Waals surface area contributed by atoms with E-state index in [1.54, 1.807) is 18.2 Å². The van der Waals surface area contributed by atoms with Gasteiger partial charge >= 0.3 is 6.18 Å². The fourth-order valence-corrected chi connectivity index (χ4v) is 2.06. The Bertz CT molecular complexity index is 629. The van der Waals surface area contributed by atoms with Gasteiger partial charge in [0, 0.05) is 17.1 Å². The molecule has 2 nitrogen and oxygen atoms in total. The van der Waals surface area contributed by atoms with E-state index in [0.29, 0.717) is 16.3 Å². The molecule has 0 radical (unpaired) electrons. The molecule has 0 aromatic heterocycles. The van der Waals surface area contributed by atoms with Crippen LogP contribution >= 0.6 is 11.6 Å². The van der Waals surface area contributed by atoms with E-state index in [0.717, 1.165) is 17.7 Å². The Morgan fingerprint density at radius 2 is 1.86 bits per heavy atom. The van der Waals surface area contributed by atoms with Crippen molar-refractivity contribution < 1.29 is 17.9 Å². The number of alkyl halides is 3. The molecule has 2 aromatic carbocycles. The second-order valence-electron chi connectivity index (χ2n) is 4.44. The summed E-state index contributed by atoms with van der Waals surface area (Å²) in [6.07, 6.45) is -4.39. The molecule has 0 atom stereocenters. The molecule has 0 spiro atoms. The zero-order valence-electron chi connectivity index (χ0n) is 11.0. The maximum absolute atomic E-state index is 12.6. The Morgan fingerprint density at radius 3 is 2.48 bits per heavy atom. The summed E-state index contributed by atoms with van der Waals surface area (Å²) in [5, 5.41) is 0.572. The molecule has 0 saturated heterocycles. The average Bonchev–Trinajstić information content (AvgIpc) is 2.44. The quantitative estimate of drug-likeness (QED) is 0.907. The summed E-state index contributed by atoms with van der Waals surface area (Å²) in [6.45, 7) is 0.174. The highest BCUT2D eigenvalue weighted by Crippen LogP contribution is 2.32. The van der Waals surface area contributed by atoms with Gasteiger partial charge in [-0.3, -0.25) is 0 Å². The number of benzene rings is 2. The van der Waals surface area contributed by atoms with Gasteiger partial charge in [-0.05, 0) is 35.9 Å². The molecule has 0 aliphatic carbocycles. The van der Waals surface area contributed by atoms with Crippen molar-refractivity contribution >= 4 is 11.6 Å². The summed E-state index contributed by atoms with van der Waals surface area (Å²) >= 11 is 5.86. The maximum atomic E-state index is 12.6. The van der Waals surface area contributed by atoms with Crippen LogP contribution in [-0.4, -0.2) is 0 Å². The predicted octanol–water partition coefficient (Wildman–Crippen LogP) is 4.40. The zero-order chi connectivity index (χ0) is 15.5. The fourth-order valence-electron chi connectivity index (χ4n) is 1.84. The summed E-state index contributed by atoms with van der Waals surface area (Å²) < 4.78 is 43.4. The molecule has 0 bridgehead atoms. The van der Waals surface area contributed by atoms with Crippen LogP contribution in [0.4, 0.5) is 13.2 Å². The van der Waals surface area contributed by atoms with Crippen molar-refractivity contribution in [1.82, 2.24) is 0 Å². The monoisotopic (exact) mass is 315 g/mol. The Hall–Kier alpha value is -1.72. The number of hydrogen-bond acceptors (Lipinski definition) is 2. The van der Waals surface area contributed by atoms with E-state index in [4.69, 9.17) is 22.1 Å². The van der Waals surface area contributed by atoms with E-state index < -0.39 is 11.7 Å². The van der Waals surface area contributed by atoms with Crippen LogP contribution in [-0.2, 0) is 19.3 Å². The third-order valence-electron chi connectivity index (χ3n) is 2.89. The van der Waals surface area contributed by atoms with E-state index in [-0.39, 0.29) is 13.2 Å². The SMILES string of the molecule is NCc1cc(C(F)(F)F)ccc1OCc1cccc(Cl)c1. The Labute approximate surface area is 125 Å². The van der Waals surface area contributed by atoms with Gasteiger partial charge in [0.25, 0.3) is 0 Å². The van der Waals surface area contributed by atoms with Gasteiger partial charge in [-0.1, -0.05) is 23.7 Å². The van der Waals surface area contributed by atoms with Crippen LogP contribution in [0.1, 0.15) is 16.7 Å². The summed E-state index contributed by atoms with van der Waals surface area (Å²) in [4.78, 5) is 0. The molecule has 2 N–H and O–H groups in total. The highest BCUT2D eigenvalue weighted by molar-refractivity contribution is 6.30. The zero-order valence-corrected chi connectivity index (χ0v) is 11.7. The number of halogens is 4. The standard InChI is InChI=1S/C15H13ClF3NO/c16-13-3-1-2-10(6-13)9-21-14-5-4-12(15(17,18)19)7-11(14)8-20/h1-7H,8-9,20H2. The van der Waals surface area contributed by atoms with Gasteiger partial charge in [-0.15, -0.1) is 0 Å². The first kappa shape index (κ1) is 15.7. The third-order valence-corrected chi connectivity index (χ3v) is 3.13. The van der Waals surface area contributed by atoms with Gasteiger partial charge in [0.15, 0.2) is 0 Å². The van der Waals surface area contributed by atoms with Crippen LogP contribution < -0.4 is 10.5 Å². The second-order valence-corrected chi connectivity index (χ2v) is 4.88. The summed E-state index contributed by atoms with van der Waals surface area (Å²) in [6, 6.07) is 10.3. The predicted molar refractivity (Wildman–Crippen MR) is 75.1 cm³/mol. The Morgan fingerprint density at radius 1 is 1.10 bits per heavy atom. The van der Waals surface area contributed by atoms with Gasteiger partial charge in [0.2, 0.25) is 0 Å². The van der Waals surface area contributed by atoms with E-state index in [2.05, 4.69) is 0 Å². The number of nitrogens with two attached hydrogens (primary N) is 1. The van der Waals surface area contributed by atoms with Crippen molar-refractivity contribution in [2.45, 2.75) is 19.3 Å². The molecule has 0 saturated carbocycles. The molecular weight excluding hydrogens is 303 g/mol. The van der Waals surface area contributed by atoms with Crippen molar-refractivity contribution in [3.8, 4) is 5.75 Å². The largest absolute Gasteiger partial charge is 0.489 e. The molecule has 2 rings (SSSR count). The summed E-state index contributed by atoms with van der Waals surface area (Å²) in [5.41, 5.74) is 5.89. The van der Waals surface area contributed by atoms with Gasteiger partial charge in [0.1, 0.15) is 12.4 Å². The minimum absolute atomic E-state index is 0.0329. The highest BCUT2D eigenvalue weighted by atomic mass is 35.5. The molecule has 112 valence electrons. The molecule has 0 amide bonds.